The normalized spacial score (nSPS) is 11.1. The number of hydrogen-bond acceptors (Lipinski definition) is 8. The van der Waals surface area contributed by atoms with Crippen LogP contribution in [0.5, 0.6) is 0 Å². The summed E-state index contributed by atoms with van der Waals surface area (Å²) in [6, 6.07) is 59.7. The second-order valence-corrected chi connectivity index (χ2v) is 20.0. The molecule has 2 N–H and O–H groups in total. The van der Waals surface area contributed by atoms with Gasteiger partial charge in [-0.05, 0) is 132 Å². The summed E-state index contributed by atoms with van der Waals surface area (Å²) in [6.07, 6.45) is 11.4. The molecule has 0 aliphatic carbocycles. The SMILES string of the molecule is C[n+]1cccc(-c2ccc(NC(=O)/C=C/c3ccc(C(=O)Nc4ccc(-c5ccc(-c6ccc(-c7ccc[n+](C)c7)cc6)cc5)cc4)cc3)cc2)c1.Cc1ccc(S(=O)(=O)[O-])cc1.Cc1ccc(S(=O)(=O)[O-])cc1. The summed E-state index contributed by atoms with van der Waals surface area (Å²) in [5.74, 6) is -0.437. The average Bonchev–Trinajstić information content (AvgIpc) is 3.39. The predicted octanol–water partition coefficient (Wildman–Crippen LogP) is 10.7. The Balaban J connectivity index is 0.000000299. The Morgan fingerprint density at radius 2 is 0.770 bits per heavy atom. The summed E-state index contributed by atoms with van der Waals surface area (Å²) in [5, 5.41) is 5.87. The number of pyridine rings is 2. The predicted molar refractivity (Wildman–Crippen MR) is 287 cm³/mol. The van der Waals surface area contributed by atoms with Gasteiger partial charge in [-0.3, -0.25) is 9.59 Å². The molecule has 0 unspecified atom stereocenters. The Morgan fingerprint density at radius 3 is 1.12 bits per heavy atom. The van der Waals surface area contributed by atoms with Crippen LogP contribution < -0.4 is 19.8 Å². The average molecular weight is 1020 g/mol. The molecular weight excluding hydrogens is 969 g/mol. The van der Waals surface area contributed by atoms with E-state index in [0.29, 0.717) is 16.9 Å². The van der Waals surface area contributed by atoms with E-state index >= 15 is 0 Å². The number of benzene rings is 7. The number of aromatic nitrogens is 2. The maximum atomic E-state index is 13.0. The molecule has 9 aromatic rings. The lowest BCUT2D eigenvalue weighted by atomic mass is 9.98. The molecule has 0 aliphatic heterocycles. The van der Waals surface area contributed by atoms with E-state index in [1.54, 1.807) is 42.5 Å². The minimum Gasteiger partial charge on any atom is -0.744 e. The van der Waals surface area contributed by atoms with Gasteiger partial charge in [0.25, 0.3) is 5.91 Å². The van der Waals surface area contributed by atoms with E-state index in [-0.39, 0.29) is 21.6 Å². The highest BCUT2D eigenvalue weighted by molar-refractivity contribution is 7.86. The molecule has 0 saturated heterocycles. The third-order valence-electron chi connectivity index (χ3n) is 11.5. The van der Waals surface area contributed by atoms with E-state index in [9.17, 15) is 35.5 Å². The van der Waals surface area contributed by atoms with Crippen LogP contribution in [-0.4, -0.2) is 37.8 Å². The van der Waals surface area contributed by atoms with Gasteiger partial charge in [-0.2, -0.15) is 0 Å². The maximum Gasteiger partial charge on any atom is 0.255 e. The molecule has 0 fully saturated rings. The molecule has 0 atom stereocenters. The first kappa shape index (κ1) is 53.1. The molecule has 12 nitrogen and oxygen atoms in total. The van der Waals surface area contributed by atoms with Gasteiger partial charge in [-0.1, -0.05) is 120 Å². The Labute approximate surface area is 432 Å². The summed E-state index contributed by atoms with van der Waals surface area (Å²) in [5.41, 5.74) is 13.7. The summed E-state index contributed by atoms with van der Waals surface area (Å²) < 4.78 is 66.4. The Kier molecular flexibility index (Phi) is 17.4. The van der Waals surface area contributed by atoms with E-state index in [1.165, 1.54) is 47.0 Å². The quantitative estimate of drug-likeness (QED) is 0.0729. The Hall–Kier alpha value is -8.66. The molecule has 0 radical (unpaired) electrons. The van der Waals surface area contributed by atoms with E-state index in [0.717, 1.165) is 44.5 Å². The van der Waals surface area contributed by atoms with Gasteiger partial charge in [0.1, 0.15) is 34.3 Å². The van der Waals surface area contributed by atoms with Crippen molar-refractivity contribution < 1.29 is 44.7 Å². The van der Waals surface area contributed by atoms with Gasteiger partial charge in [-0.25, -0.2) is 26.0 Å². The maximum absolute atomic E-state index is 13.0. The van der Waals surface area contributed by atoms with Crippen LogP contribution in [0.25, 0.3) is 50.6 Å². The fourth-order valence-corrected chi connectivity index (χ4v) is 8.37. The second-order valence-electron chi connectivity index (χ2n) is 17.3. The van der Waals surface area contributed by atoms with Gasteiger partial charge < -0.3 is 19.7 Å². The van der Waals surface area contributed by atoms with Crippen molar-refractivity contribution in [2.24, 2.45) is 14.1 Å². The Bertz CT molecular complexity index is 3550. The molecule has 7 aromatic carbocycles. The number of carbonyl (C=O) groups excluding carboxylic acids is 2. The number of nitrogens with zero attached hydrogens (tertiary/aromatic N) is 2. The molecule has 0 bridgehead atoms. The summed E-state index contributed by atoms with van der Waals surface area (Å²) in [6.45, 7) is 3.64. The molecule has 2 amide bonds. The van der Waals surface area contributed by atoms with Crippen LogP contribution in [0.15, 0.2) is 235 Å². The number of aryl methyl sites for hydroxylation is 4. The summed E-state index contributed by atoms with van der Waals surface area (Å²) >= 11 is 0. The van der Waals surface area contributed by atoms with Crippen LogP contribution >= 0.6 is 0 Å². The van der Waals surface area contributed by atoms with E-state index in [2.05, 4.69) is 94.3 Å². The van der Waals surface area contributed by atoms with Crippen LogP contribution in [0.2, 0.25) is 0 Å². The Morgan fingerprint density at radius 1 is 0.432 bits per heavy atom. The van der Waals surface area contributed by atoms with Gasteiger partial charge in [-0.15, -0.1) is 0 Å². The number of hydrogen-bond donors (Lipinski definition) is 2. The fraction of sp³-hybridized carbons (Fsp3) is 0.0667. The topological polar surface area (TPSA) is 180 Å². The van der Waals surface area contributed by atoms with Crippen molar-refractivity contribution in [3.8, 4) is 44.5 Å². The smallest absolute Gasteiger partial charge is 0.255 e. The highest BCUT2D eigenvalue weighted by Crippen LogP contribution is 2.28. The van der Waals surface area contributed by atoms with Crippen molar-refractivity contribution in [2.75, 3.05) is 10.6 Å². The number of nitrogens with one attached hydrogen (secondary N) is 2. The first-order valence-corrected chi connectivity index (χ1v) is 26.0. The number of anilines is 2. The summed E-state index contributed by atoms with van der Waals surface area (Å²) in [4.78, 5) is 25.2. The third-order valence-corrected chi connectivity index (χ3v) is 13.2. The molecule has 2 heterocycles. The van der Waals surface area contributed by atoms with Crippen molar-refractivity contribution >= 4 is 49.5 Å². The van der Waals surface area contributed by atoms with E-state index in [1.807, 2.05) is 112 Å². The number of amides is 2. The third kappa shape index (κ3) is 15.4. The van der Waals surface area contributed by atoms with Crippen molar-refractivity contribution in [2.45, 2.75) is 23.6 Å². The highest BCUT2D eigenvalue weighted by atomic mass is 32.2. The molecule has 9 rings (SSSR count). The largest absolute Gasteiger partial charge is 0.744 e. The molecule has 74 heavy (non-hydrogen) atoms. The lowest BCUT2D eigenvalue weighted by Gasteiger charge is -2.09. The van der Waals surface area contributed by atoms with Gasteiger partial charge in [0.15, 0.2) is 24.8 Å². The van der Waals surface area contributed by atoms with E-state index < -0.39 is 20.2 Å². The van der Waals surface area contributed by atoms with Crippen LogP contribution in [-0.2, 0) is 39.1 Å². The standard InChI is InChI=1S/C46H36N4O2.2C7H8O3S/c1-49-29-3-5-41(31-49)38-18-16-35(17-19-38)34-12-14-36(15-13-34)37-20-26-44(27-21-37)48-46(52)40-10-7-33(8-11-40)9-28-45(51)47-43-24-22-39(23-25-43)42-6-4-30-50(2)32-42;2*1-6-2-4-7(5-3-6)11(8,9)10/h3-32H,1-2H3;2*2-5H,1H3,(H,8,9,10)/b28-9+;;. The fourth-order valence-electron chi connectivity index (χ4n) is 7.43. The molecule has 14 heteroatoms. The first-order chi connectivity index (χ1) is 35.4. The second kappa shape index (κ2) is 24.2. The zero-order valence-corrected chi connectivity index (χ0v) is 42.5. The van der Waals surface area contributed by atoms with Gasteiger partial charge in [0, 0.05) is 46.3 Å². The lowest BCUT2D eigenvalue weighted by molar-refractivity contribution is -0.671. The van der Waals surface area contributed by atoms with Gasteiger partial charge in [0.05, 0.1) is 9.79 Å². The lowest BCUT2D eigenvalue weighted by Crippen LogP contribution is -2.26. The van der Waals surface area contributed by atoms with Crippen LogP contribution in [0.4, 0.5) is 11.4 Å². The van der Waals surface area contributed by atoms with Crippen LogP contribution in [0.3, 0.4) is 0 Å². The zero-order chi connectivity index (χ0) is 52.8. The number of rotatable bonds is 11. The van der Waals surface area contributed by atoms with Crippen molar-refractivity contribution in [3.63, 3.8) is 0 Å². The van der Waals surface area contributed by atoms with Gasteiger partial charge in [0.2, 0.25) is 5.91 Å². The molecule has 2 aromatic heterocycles. The number of carbonyl (C=O) groups is 2. The monoisotopic (exact) mass is 1020 g/mol. The van der Waals surface area contributed by atoms with Crippen LogP contribution in [0, 0.1) is 13.8 Å². The molecule has 372 valence electrons. The summed E-state index contributed by atoms with van der Waals surface area (Å²) in [7, 11) is -4.52. The van der Waals surface area contributed by atoms with Crippen molar-refractivity contribution in [3.05, 3.63) is 247 Å². The molecule has 0 saturated carbocycles. The highest BCUT2D eigenvalue weighted by Gasteiger charge is 2.09. The van der Waals surface area contributed by atoms with Gasteiger partial charge >= 0.3 is 0 Å². The minimum atomic E-state index is -4.27. The molecule has 0 aliphatic rings. The van der Waals surface area contributed by atoms with Crippen LogP contribution in [0.1, 0.15) is 27.0 Å². The van der Waals surface area contributed by atoms with Crippen molar-refractivity contribution in [1.82, 2.24) is 0 Å². The molecular formula is C60H52N4O8S2. The van der Waals surface area contributed by atoms with Crippen molar-refractivity contribution in [1.29, 1.82) is 0 Å². The zero-order valence-electron chi connectivity index (χ0n) is 40.9. The van der Waals surface area contributed by atoms with E-state index in [4.69, 9.17) is 0 Å². The first-order valence-electron chi connectivity index (χ1n) is 23.1. The molecule has 0 spiro atoms. The minimum absolute atomic E-state index is 0.178.